The van der Waals surface area contributed by atoms with Gasteiger partial charge in [-0.15, -0.1) is 0 Å². The topological polar surface area (TPSA) is 41.1 Å². The summed E-state index contributed by atoms with van der Waals surface area (Å²) in [5.74, 6) is 0. The van der Waals surface area contributed by atoms with Crippen molar-refractivity contribution in [2.24, 2.45) is 0 Å². The predicted molar refractivity (Wildman–Crippen MR) is 33.5 cm³/mol. The Morgan fingerprint density at radius 1 is 0.857 bits per heavy atom. The summed E-state index contributed by atoms with van der Waals surface area (Å²) in [6, 6.07) is -1.51. The van der Waals surface area contributed by atoms with Crippen molar-refractivity contribution >= 4 is 6.03 Å². The third-order valence-corrected chi connectivity index (χ3v) is 0.899. The Labute approximate surface area is 74.5 Å². The quantitative estimate of drug-likeness (QED) is 0.684. The van der Waals surface area contributed by atoms with Gasteiger partial charge in [-0.25, -0.2) is 4.79 Å². The molecule has 0 rings (SSSR count). The predicted octanol–water partition coefficient (Wildman–Crippen LogP) is 1.41. The molecule has 0 heterocycles. The van der Waals surface area contributed by atoms with Crippen molar-refractivity contribution in [3.05, 3.63) is 0 Å². The molecule has 3 nitrogen and oxygen atoms in total. The Balaban J connectivity index is 3.68. The first-order valence-corrected chi connectivity index (χ1v) is 3.25. The Bertz CT molecular complexity index is 177. The SMILES string of the molecule is O=C(NCC(F)(F)F)NCC(F)(F)F. The van der Waals surface area contributed by atoms with Crippen molar-refractivity contribution in [2.45, 2.75) is 12.4 Å². The zero-order valence-electron chi connectivity index (χ0n) is 6.59. The number of hydrogen-bond acceptors (Lipinski definition) is 1. The maximum Gasteiger partial charge on any atom is 0.405 e. The molecule has 0 aliphatic heterocycles. The highest BCUT2D eigenvalue weighted by molar-refractivity contribution is 5.73. The van der Waals surface area contributed by atoms with Gasteiger partial charge in [0.25, 0.3) is 0 Å². The molecule has 2 N–H and O–H groups in total. The number of urea groups is 1. The third-order valence-electron chi connectivity index (χ3n) is 0.899. The van der Waals surface area contributed by atoms with Crippen molar-refractivity contribution in [2.75, 3.05) is 13.1 Å². The Kier molecular flexibility index (Phi) is 4.02. The number of alkyl halides is 6. The van der Waals surface area contributed by atoms with Crippen LogP contribution in [0.25, 0.3) is 0 Å². The molecule has 14 heavy (non-hydrogen) atoms. The smallest absolute Gasteiger partial charge is 0.329 e. The van der Waals surface area contributed by atoms with Gasteiger partial charge in [0.05, 0.1) is 0 Å². The van der Waals surface area contributed by atoms with Crippen LogP contribution in [0.4, 0.5) is 31.1 Å². The summed E-state index contributed by atoms with van der Waals surface area (Å²) >= 11 is 0. The van der Waals surface area contributed by atoms with Crippen LogP contribution in [0.15, 0.2) is 0 Å². The average Bonchev–Trinajstić information content (AvgIpc) is 1.94. The van der Waals surface area contributed by atoms with Gasteiger partial charge in [0.1, 0.15) is 13.1 Å². The minimum atomic E-state index is -4.64. The molecule has 0 spiro atoms. The lowest BCUT2D eigenvalue weighted by Crippen LogP contribution is -2.44. The van der Waals surface area contributed by atoms with Crippen molar-refractivity contribution in [1.29, 1.82) is 0 Å². The molecule has 2 amide bonds. The molecule has 0 radical (unpaired) electrons. The van der Waals surface area contributed by atoms with Gasteiger partial charge in [0, 0.05) is 0 Å². The van der Waals surface area contributed by atoms with Crippen LogP contribution in [0.2, 0.25) is 0 Å². The van der Waals surface area contributed by atoms with Gasteiger partial charge in [-0.2, -0.15) is 26.3 Å². The molecule has 0 fully saturated rings. The Hall–Kier alpha value is -1.15. The van der Waals surface area contributed by atoms with E-state index < -0.39 is 31.5 Å². The summed E-state index contributed by atoms with van der Waals surface area (Å²) in [4.78, 5) is 10.3. The molecule has 84 valence electrons. The molecular formula is C5H6F6N2O. The van der Waals surface area contributed by atoms with Gasteiger partial charge < -0.3 is 10.6 Å². The normalized spacial score (nSPS) is 12.4. The second-order valence-electron chi connectivity index (χ2n) is 2.27. The number of amides is 2. The zero-order valence-corrected chi connectivity index (χ0v) is 6.59. The van der Waals surface area contributed by atoms with E-state index in [0.29, 0.717) is 0 Å². The van der Waals surface area contributed by atoms with E-state index in [9.17, 15) is 31.1 Å². The highest BCUT2D eigenvalue weighted by Gasteiger charge is 2.30. The van der Waals surface area contributed by atoms with E-state index in [4.69, 9.17) is 0 Å². The first-order valence-electron chi connectivity index (χ1n) is 3.25. The van der Waals surface area contributed by atoms with Gasteiger partial charge in [0.15, 0.2) is 0 Å². The summed E-state index contributed by atoms with van der Waals surface area (Å²) in [5.41, 5.74) is 0. The van der Waals surface area contributed by atoms with Crippen LogP contribution in [0.3, 0.4) is 0 Å². The van der Waals surface area contributed by atoms with Crippen molar-refractivity contribution in [3.8, 4) is 0 Å². The maximum absolute atomic E-state index is 11.4. The number of hydrogen-bond donors (Lipinski definition) is 2. The van der Waals surface area contributed by atoms with Gasteiger partial charge in [-0.05, 0) is 0 Å². The number of nitrogens with one attached hydrogen (secondary N) is 2. The van der Waals surface area contributed by atoms with Crippen molar-refractivity contribution in [3.63, 3.8) is 0 Å². The monoisotopic (exact) mass is 224 g/mol. The second-order valence-corrected chi connectivity index (χ2v) is 2.27. The summed E-state index contributed by atoms with van der Waals surface area (Å²) < 4.78 is 68.6. The summed E-state index contributed by atoms with van der Waals surface area (Å²) in [6.45, 7) is -3.34. The second kappa shape index (κ2) is 4.38. The molecule has 9 heteroatoms. The van der Waals surface area contributed by atoms with Crippen LogP contribution in [0.5, 0.6) is 0 Å². The number of carbonyl (C=O) groups is 1. The average molecular weight is 224 g/mol. The van der Waals surface area contributed by atoms with Gasteiger partial charge >= 0.3 is 18.4 Å². The van der Waals surface area contributed by atoms with Crippen LogP contribution < -0.4 is 10.6 Å². The standard InChI is InChI=1S/C5H6F6N2O/c6-4(7,8)1-12-3(14)13-2-5(9,10)11/h1-2H2,(H2,12,13,14). The molecule has 0 saturated carbocycles. The lowest BCUT2D eigenvalue weighted by atomic mass is 10.6. The molecule has 0 aromatic heterocycles. The minimum absolute atomic E-state index is 1.22. The van der Waals surface area contributed by atoms with E-state index in [1.54, 1.807) is 0 Å². The van der Waals surface area contributed by atoms with E-state index in [1.165, 1.54) is 10.6 Å². The number of rotatable bonds is 2. The van der Waals surface area contributed by atoms with Crippen LogP contribution >= 0.6 is 0 Å². The zero-order chi connectivity index (χ0) is 11.4. The van der Waals surface area contributed by atoms with E-state index in [0.717, 1.165) is 0 Å². The van der Waals surface area contributed by atoms with Crippen LogP contribution in [-0.4, -0.2) is 31.5 Å². The van der Waals surface area contributed by atoms with E-state index in [1.807, 2.05) is 0 Å². The molecular weight excluding hydrogens is 218 g/mol. The first-order chi connectivity index (χ1) is 6.10. The molecule has 0 aromatic rings. The van der Waals surface area contributed by atoms with E-state index >= 15 is 0 Å². The van der Waals surface area contributed by atoms with Crippen molar-refractivity contribution in [1.82, 2.24) is 10.6 Å². The fraction of sp³-hybridized carbons (Fsp3) is 0.800. The number of carbonyl (C=O) groups excluding carboxylic acids is 1. The molecule has 0 saturated heterocycles. The largest absolute Gasteiger partial charge is 0.405 e. The summed E-state index contributed by atoms with van der Waals surface area (Å²) in [7, 11) is 0. The highest BCUT2D eigenvalue weighted by atomic mass is 19.4. The van der Waals surface area contributed by atoms with Gasteiger partial charge in [0.2, 0.25) is 0 Å². The molecule has 0 aromatic carbocycles. The summed E-state index contributed by atoms with van der Waals surface area (Å²) in [5, 5.41) is 2.44. The van der Waals surface area contributed by atoms with E-state index in [2.05, 4.69) is 0 Å². The van der Waals surface area contributed by atoms with E-state index in [-0.39, 0.29) is 0 Å². The van der Waals surface area contributed by atoms with Crippen molar-refractivity contribution < 1.29 is 31.1 Å². The fourth-order valence-corrected chi connectivity index (χ4v) is 0.424. The molecule has 0 aliphatic rings. The van der Waals surface area contributed by atoms with Crippen LogP contribution in [-0.2, 0) is 0 Å². The lowest BCUT2D eigenvalue weighted by Gasteiger charge is -2.10. The van der Waals surface area contributed by atoms with Crippen LogP contribution in [0, 0.1) is 0 Å². The third kappa shape index (κ3) is 8.94. The first kappa shape index (κ1) is 12.8. The molecule has 0 atom stereocenters. The molecule has 0 unspecified atom stereocenters. The maximum atomic E-state index is 11.4. The lowest BCUT2D eigenvalue weighted by molar-refractivity contribution is -0.125. The Morgan fingerprint density at radius 3 is 1.36 bits per heavy atom. The molecule has 0 aliphatic carbocycles. The summed E-state index contributed by atoms with van der Waals surface area (Å²) in [6.07, 6.45) is -9.29. The fourth-order valence-electron chi connectivity index (χ4n) is 0.424. The highest BCUT2D eigenvalue weighted by Crippen LogP contribution is 2.13. The minimum Gasteiger partial charge on any atom is -0.329 e. The Morgan fingerprint density at radius 2 is 1.14 bits per heavy atom. The van der Waals surface area contributed by atoms with Gasteiger partial charge in [-0.3, -0.25) is 0 Å². The molecule has 0 bridgehead atoms. The van der Waals surface area contributed by atoms with Gasteiger partial charge in [-0.1, -0.05) is 0 Å². The number of halogens is 6. The van der Waals surface area contributed by atoms with Crippen LogP contribution in [0.1, 0.15) is 0 Å².